The molecule has 0 bridgehead atoms. The number of nitrogens with two attached hydrogens (primary N) is 1. The van der Waals surface area contributed by atoms with Crippen molar-refractivity contribution in [3.63, 3.8) is 0 Å². The maximum atomic E-state index is 12.6. The van der Waals surface area contributed by atoms with Crippen LogP contribution in [0.1, 0.15) is 30.4 Å². The summed E-state index contributed by atoms with van der Waals surface area (Å²) in [4.78, 5) is 28.3. The minimum Gasteiger partial charge on any atom is -0.329 e. The van der Waals surface area contributed by atoms with E-state index in [-0.39, 0.29) is 24.4 Å². The van der Waals surface area contributed by atoms with E-state index in [1.165, 1.54) is 0 Å². The van der Waals surface area contributed by atoms with Gasteiger partial charge in [0.15, 0.2) is 0 Å². The van der Waals surface area contributed by atoms with E-state index in [1.54, 1.807) is 9.80 Å². The van der Waals surface area contributed by atoms with Gasteiger partial charge in [0, 0.05) is 19.6 Å². The fourth-order valence-corrected chi connectivity index (χ4v) is 3.28. The van der Waals surface area contributed by atoms with E-state index in [2.05, 4.69) is 0 Å². The Morgan fingerprint density at radius 2 is 1.90 bits per heavy atom. The molecule has 2 aliphatic heterocycles. The van der Waals surface area contributed by atoms with Gasteiger partial charge in [0.1, 0.15) is 12.6 Å². The van der Waals surface area contributed by atoms with Gasteiger partial charge in [-0.3, -0.25) is 9.59 Å². The van der Waals surface area contributed by atoms with Crippen molar-refractivity contribution in [3.8, 4) is 0 Å². The number of carbonyl (C=O) groups excluding carboxylic acids is 2. The Bertz CT molecular complexity index is 558. The molecule has 1 unspecified atom stereocenters. The Balaban J connectivity index is 1.79. The number of piperazine rings is 1. The Kier molecular flexibility index (Phi) is 3.92. The lowest BCUT2D eigenvalue weighted by molar-refractivity contribution is -0.158. The van der Waals surface area contributed by atoms with Crippen LogP contribution in [-0.2, 0) is 22.7 Å². The summed E-state index contributed by atoms with van der Waals surface area (Å²) in [6.45, 7) is 1.83. The van der Waals surface area contributed by atoms with Crippen molar-refractivity contribution in [1.29, 1.82) is 0 Å². The van der Waals surface area contributed by atoms with Crippen LogP contribution < -0.4 is 5.73 Å². The van der Waals surface area contributed by atoms with Gasteiger partial charge < -0.3 is 15.5 Å². The van der Waals surface area contributed by atoms with Gasteiger partial charge in [-0.2, -0.15) is 0 Å². The first-order chi connectivity index (χ1) is 10.2. The molecule has 0 radical (unpaired) electrons. The molecule has 0 aliphatic carbocycles. The van der Waals surface area contributed by atoms with E-state index in [9.17, 15) is 9.59 Å². The van der Waals surface area contributed by atoms with Gasteiger partial charge >= 0.3 is 0 Å². The second kappa shape index (κ2) is 5.85. The standard InChI is InChI=1S/C16H21N3O2/c17-9-12-5-1-2-6-13(12)10-18-11-15(20)19-8-4-3-7-14(19)16(18)21/h1-2,5-6,14H,3-4,7-11,17H2. The van der Waals surface area contributed by atoms with Crippen LogP contribution in [0.5, 0.6) is 0 Å². The third kappa shape index (κ3) is 2.65. The van der Waals surface area contributed by atoms with Crippen molar-refractivity contribution in [1.82, 2.24) is 9.80 Å². The first-order valence-corrected chi connectivity index (χ1v) is 7.56. The summed E-state index contributed by atoms with van der Waals surface area (Å²) in [5.74, 6) is 0.158. The Morgan fingerprint density at radius 1 is 1.14 bits per heavy atom. The highest BCUT2D eigenvalue weighted by Crippen LogP contribution is 2.24. The number of amides is 2. The fraction of sp³-hybridized carbons (Fsp3) is 0.500. The number of rotatable bonds is 3. The molecule has 2 heterocycles. The maximum absolute atomic E-state index is 12.6. The molecule has 2 N–H and O–H groups in total. The quantitative estimate of drug-likeness (QED) is 0.897. The number of benzene rings is 1. The molecule has 21 heavy (non-hydrogen) atoms. The summed E-state index contributed by atoms with van der Waals surface area (Å²) in [7, 11) is 0. The molecule has 2 fully saturated rings. The molecule has 1 aromatic carbocycles. The lowest BCUT2D eigenvalue weighted by Gasteiger charge is -2.42. The van der Waals surface area contributed by atoms with Crippen LogP contribution in [-0.4, -0.2) is 40.7 Å². The summed E-state index contributed by atoms with van der Waals surface area (Å²) in [5, 5.41) is 0. The summed E-state index contributed by atoms with van der Waals surface area (Å²) in [6, 6.07) is 7.59. The topological polar surface area (TPSA) is 66.6 Å². The van der Waals surface area contributed by atoms with Gasteiger partial charge in [-0.1, -0.05) is 24.3 Å². The van der Waals surface area contributed by atoms with Gasteiger partial charge in [-0.05, 0) is 30.4 Å². The van der Waals surface area contributed by atoms with Crippen LogP contribution in [0.15, 0.2) is 24.3 Å². The average Bonchev–Trinajstić information content (AvgIpc) is 2.53. The molecular formula is C16H21N3O2. The SMILES string of the molecule is NCc1ccccc1CN1CC(=O)N2CCCCC2C1=O. The molecule has 0 saturated carbocycles. The first kappa shape index (κ1) is 14.1. The lowest BCUT2D eigenvalue weighted by atomic mass is 9.97. The van der Waals surface area contributed by atoms with Gasteiger partial charge in [-0.15, -0.1) is 0 Å². The normalized spacial score (nSPS) is 22.4. The monoisotopic (exact) mass is 287 g/mol. The van der Waals surface area contributed by atoms with Gasteiger partial charge in [0.25, 0.3) is 0 Å². The van der Waals surface area contributed by atoms with E-state index in [1.807, 2.05) is 24.3 Å². The molecule has 3 rings (SSSR count). The molecule has 0 spiro atoms. The number of carbonyl (C=O) groups is 2. The molecule has 1 atom stereocenters. The summed E-state index contributed by atoms with van der Waals surface area (Å²) in [5.41, 5.74) is 7.81. The summed E-state index contributed by atoms with van der Waals surface area (Å²) >= 11 is 0. The molecule has 0 aromatic heterocycles. The van der Waals surface area contributed by atoms with Crippen LogP contribution >= 0.6 is 0 Å². The number of piperidine rings is 1. The number of nitrogens with zero attached hydrogens (tertiary/aromatic N) is 2. The van der Waals surface area contributed by atoms with Crippen LogP contribution in [0.3, 0.4) is 0 Å². The number of fused-ring (bicyclic) bond motifs is 1. The van der Waals surface area contributed by atoms with Crippen molar-refractivity contribution >= 4 is 11.8 Å². The minimum atomic E-state index is -0.245. The minimum absolute atomic E-state index is 0.0736. The second-order valence-electron chi connectivity index (χ2n) is 5.77. The largest absolute Gasteiger partial charge is 0.329 e. The molecule has 5 heteroatoms. The first-order valence-electron chi connectivity index (χ1n) is 7.56. The van der Waals surface area contributed by atoms with Gasteiger partial charge in [0.2, 0.25) is 11.8 Å². The van der Waals surface area contributed by atoms with Crippen molar-refractivity contribution in [2.24, 2.45) is 5.73 Å². The van der Waals surface area contributed by atoms with Crippen molar-refractivity contribution in [2.75, 3.05) is 13.1 Å². The lowest BCUT2D eigenvalue weighted by Crippen LogP contribution is -2.60. The molecule has 5 nitrogen and oxygen atoms in total. The van der Waals surface area contributed by atoms with E-state index >= 15 is 0 Å². The maximum Gasteiger partial charge on any atom is 0.246 e. The smallest absolute Gasteiger partial charge is 0.246 e. The Morgan fingerprint density at radius 3 is 2.67 bits per heavy atom. The zero-order valence-electron chi connectivity index (χ0n) is 12.1. The van der Waals surface area contributed by atoms with Crippen molar-refractivity contribution < 1.29 is 9.59 Å². The Labute approximate surface area is 124 Å². The van der Waals surface area contributed by atoms with Crippen LogP contribution in [0.2, 0.25) is 0 Å². The predicted molar refractivity (Wildman–Crippen MR) is 79.1 cm³/mol. The van der Waals surface area contributed by atoms with E-state index in [4.69, 9.17) is 5.73 Å². The van der Waals surface area contributed by atoms with Crippen molar-refractivity contribution in [3.05, 3.63) is 35.4 Å². The zero-order chi connectivity index (χ0) is 14.8. The van der Waals surface area contributed by atoms with Crippen molar-refractivity contribution in [2.45, 2.75) is 38.4 Å². The highest BCUT2D eigenvalue weighted by molar-refractivity contribution is 5.95. The second-order valence-corrected chi connectivity index (χ2v) is 5.77. The molecule has 2 saturated heterocycles. The molecule has 112 valence electrons. The average molecular weight is 287 g/mol. The van der Waals surface area contributed by atoms with Crippen LogP contribution in [0, 0.1) is 0 Å². The fourth-order valence-electron chi connectivity index (χ4n) is 3.28. The number of hydrogen-bond acceptors (Lipinski definition) is 3. The Hall–Kier alpha value is -1.88. The van der Waals surface area contributed by atoms with Gasteiger partial charge in [0.05, 0.1) is 0 Å². The highest BCUT2D eigenvalue weighted by Gasteiger charge is 2.40. The summed E-state index contributed by atoms with van der Waals surface area (Å²) in [6.07, 6.45) is 2.82. The molecule has 2 aliphatic rings. The van der Waals surface area contributed by atoms with Crippen LogP contribution in [0.4, 0.5) is 0 Å². The molecular weight excluding hydrogens is 266 g/mol. The zero-order valence-corrected chi connectivity index (χ0v) is 12.1. The van der Waals surface area contributed by atoms with E-state index < -0.39 is 0 Å². The summed E-state index contributed by atoms with van der Waals surface area (Å²) < 4.78 is 0. The van der Waals surface area contributed by atoms with E-state index in [0.717, 1.165) is 36.9 Å². The van der Waals surface area contributed by atoms with E-state index in [0.29, 0.717) is 13.1 Å². The predicted octanol–water partition coefficient (Wildman–Crippen LogP) is 0.869. The molecule has 1 aromatic rings. The third-order valence-electron chi connectivity index (χ3n) is 4.45. The van der Waals surface area contributed by atoms with Gasteiger partial charge in [-0.25, -0.2) is 0 Å². The van der Waals surface area contributed by atoms with Crippen LogP contribution in [0.25, 0.3) is 0 Å². The number of hydrogen-bond donors (Lipinski definition) is 1. The molecule has 2 amide bonds. The highest BCUT2D eigenvalue weighted by atomic mass is 16.2. The third-order valence-corrected chi connectivity index (χ3v) is 4.45.